The number of nitrogens with one attached hydrogen (secondary N) is 1. The van der Waals surface area contributed by atoms with Crippen LogP contribution in [0.3, 0.4) is 0 Å². The maximum atomic E-state index is 13.3. The molecule has 0 saturated heterocycles. The van der Waals surface area contributed by atoms with E-state index in [0.29, 0.717) is 11.6 Å². The van der Waals surface area contributed by atoms with Crippen LogP contribution in [0.4, 0.5) is 4.39 Å². The summed E-state index contributed by atoms with van der Waals surface area (Å²) >= 11 is 5.97. The monoisotopic (exact) mass is 333 g/mol. The van der Waals surface area contributed by atoms with Crippen LogP contribution in [-0.4, -0.2) is 11.0 Å². The Balaban J connectivity index is 1.57. The van der Waals surface area contributed by atoms with Crippen molar-refractivity contribution in [1.29, 1.82) is 0 Å². The van der Waals surface area contributed by atoms with Gasteiger partial charge in [0.25, 0.3) is 0 Å². The molecule has 120 valence electrons. The second kappa shape index (κ2) is 6.69. The first-order chi connectivity index (χ1) is 11.1. The van der Waals surface area contributed by atoms with E-state index in [1.807, 2.05) is 24.3 Å². The number of aliphatic hydroxyl groups excluding tert-OH is 1. The largest absolute Gasteiger partial charge is 0.392 e. The molecule has 3 rings (SSSR count). The van der Waals surface area contributed by atoms with Gasteiger partial charge in [0.05, 0.1) is 6.61 Å². The molecule has 1 aliphatic carbocycles. The lowest BCUT2D eigenvalue weighted by molar-refractivity contribution is -0.122. The van der Waals surface area contributed by atoms with Crippen LogP contribution in [0.25, 0.3) is 0 Å². The topological polar surface area (TPSA) is 49.3 Å². The second-order valence-corrected chi connectivity index (χ2v) is 6.24. The summed E-state index contributed by atoms with van der Waals surface area (Å²) in [6, 6.07) is 12.1. The molecule has 0 bridgehead atoms. The van der Waals surface area contributed by atoms with Crippen LogP contribution in [0, 0.1) is 11.7 Å². The molecule has 2 aromatic rings. The fourth-order valence-electron chi connectivity index (χ4n) is 2.77. The predicted molar refractivity (Wildman–Crippen MR) is 86.5 cm³/mol. The number of rotatable bonds is 5. The first-order valence-electron chi connectivity index (χ1n) is 7.50. The van der Waals surface area contributed by atoms with Crippen LogP contribution in [-0.2, 0) is 17.9 Å². The van der Waals surface area contributed by atoms with Gasteiger partial charge in [0.1, 0.15) is 5.82 Å². The number of benzene rings is 2. The van der Waals surface area contributed by atoms with Crippen molar-refractivity contribution < 1.29 is 14.3 Å². The van der Waals surface area contributed by atoms with Crippen molar-refractivity contribution in [3.63, 3.8) is 0 Å². The third-order valence-electron chi connectivity index (χ3n) is 4.15. The molecule has 23 heavy (non-hydrogen) atoms. The SMILES string of the molecule is O=C(NCc1ccc(F)c(CO)c1)C1CC1c1cccc(Cl)c1. The van der Waals surface area contributed by atoms with Crippen LogP contribution in [0.5, 0.6) is 0 Å². The summed E-state index contributed by atoms with van der Waals surface area (Å²) in [4.78, 5) is 12.2. The van der Waals surface area contributed by atoms with E-state index >= 15 is 0 Å². The lowest BCUT2D eigenvalue weighted by Crippen LogP contribution is -2.25. The van der Waals surface area contributed by atoms with E-state index in [-0.39, 0.29) is 29.9 Å². The van der Waals surface area contributed by atoms with Gasteiger partial charge < -0.3 is 10.4 Å². The zero-order valence-corrected chi connectivity index (χ0v) is 13.2. The van der Waals surface area contributed by atoms with Crippen LogP contribution < -0.4 is 5.32 Å². The summed E-state index contributed by atoms with van der Waals surface area (Å²) in [7, 11) is 0. The molecule has 1 amide bonds. The lowest BCUT2D eigenvalue weighted by atomic mass is 10.1. The number of aliphatic hydroxyl groups is 1. The van der Waals surface area contributed by atoms with E-state index in [9.17, 15) is 9.18 Å². The number of hydrogen-bond donors (Lipinski definition) is 2. The molecule has 5 heteroatoms. The number of carbonyl (C=O) groups excluding carboxylic acids is 1. The zero-order valence-electron chi connectivity index (χ0n) is 12.4. The molecule has 0 spiro atoms. The summed E-state index contributed by atoms with van der Waals surface area (Å²) in [5.74, 6) is -0.267. The molecule has 1 fully saturated rings. The van der Waals surface area contributed by atoms with Crippen molar-refractivity contribution >= 4 is 17.5 Å². The zero-order chi connectivity index (χ0) is 16.4. The standard InChI is InChI=1S/C18H17ClFNO2/c19-14-3-1-2-12(7-14)15-8-16(15)18(23)21-9-11-4-5-17(20)13(6-11)10-22/h1-7,15-16,22H,8-10H2,(H,21,23). The van der Waals surface area contributed by atoms with Crippen molar-refractivity contribution in [3.05, 3.63) is 70.0 Å². The highest BCUT2D eigenvalue weighted by Crippen LogP contribution is 2.47. The Labute approximate surface area is 139 Å². The molecule has 0 heterocycles. The van der Waals surface area contributed by atoms with Crippen LogP contribution >= 0.6 is 11.6 Å². The minimum absolute atomic E-state index is 0.00940. The summed E-state index contributed by atoms with van der Waals surface area (Å²) < 4.78 is 13.3. The maximum absolute atomic E-state index is 13.3. The lowest BCUT2D eigenvalue weighted by Gasteiger charge is -2.07. The van der Waals surface area contributed by atoms with Gasteiger partial charge >= 0.3 is 0 Å². The van der Waals surface area contributed by atoms with Crippen LogP contribution in [0.2, 0.25) is 5.02 Å². The minimum atomic E-state index is -0.439. The molecule has 2 unspecified atom stereocenters. The van der Waals surface area contributed by atoms with Crippen molar-refractivity contribution in [2.45, 2.75) is 25.5 Å². The van der Waals surface area contributed by atoms with E-state index in [1.165, 1.54) is 6.07 Å². The summed E-state index contributed by atoms with van der Waals surface area (Å²) in [5, 5.41) is 12.6. The average molecular weight is 334 g/mol. The van der Waals surface area contributed by atoms with E-state index in [2.05, 4.69) is 5.32 Å². The number of amides is 1. The fraction of sp³-hybridized carbons (Fsp3) is 0.278. The van der Waals surface area contributed by atoms with Gasteiger partial charge in [-0.05, 0) is 47.7 Å². The Morgan fingerprint density at radius 1 is 1.30 bits per heavy atom. The molecule has 0 aromatic heterocycles. The van der Waals surface area contributed by atoms with Gasteiger partial charge in [-0.25, -0.2) is 4.39 Å². The first-order valence-corrected chi connectivity index (χ1v) is 7.87. The Morgan fingerprint density at radius 2 is 2.13 bits per heavy atom. The van der Waals surface area contributed by atoms with Crippen molar-refractivity contribution in [1.82, 2.24) is 5.32 Å². The molecule has 0 radical (unpaired) electrons. The Bertz CT molecular complexity index is 735. The van der Waals surface area contributed by atoms with E-state index in [1.54, 1.807) is 12.1 Å². The number of carbonyl (C=O) groups is 1. The number of halogens is 2. The van der Waals surface area contributed by atoms with Gasteiger partial charge in [-0.2, -0.15) is 0 Å². The minimum Gasteiger partial charge on any atom is -0.392 e. The number of hydrogen-bond acceptors (Lipinski definition) is 2. The van der Waals surface area contributed by atoms with Crippen molar-refractivity contribution in [2.24, 2.45) is 5.92 Å². The van der Waals surface area contributed by atoms with Crippen molar-refractivity contribution in [3.8, 4) is 0 Å². The summed E-state index contributed by atoms with van der Waals surface area (Å²) in [6.45, 7) is -0.0298. The van der Waals surface area contributed by atoms with E-state index < -0.39 is 5.82 Å². The first kappa shape index (κ1) is 16.0. The molecule has 3 nitrogen and oxygen atoms in total. The normalized spacial score (nSPS) is 19.4. The van der Waals surface area contributed by atoms with E-state index in [0.717, 1.165) is 17.5 Å². The molecule has 2 aromatic carbocycles. The maximum Gasteiger partial charge on any atom is 0.224 e. The molecule has 0 aliphatic heterocycles. The summed E-state index contributed by atoms with van der Waals surface area (Å²) in [6.07, 6.45) is 0.817. The third-order valence-corrected chi connectivity index (χ3v) is 4.39. The van der Waals surface area contributed by atoms with Gasteiger partial charge in [-0.1, -0.05) is 29.8 Å². The molecular weight excluding hydrogens is 317 g/mol. The van der Waals surface area contributed by atoms with Gasteiger partial charge in [-0.3, -0.25) is 4.79 Å². The van der Waals surface area contributed by atoms with Crippen LogP contribution in [0.1, 0.15) is 29.0 Å². The highest BCUT2D eigenvalue weighted by atomic mass is 35.5. The van der Waals surface area contributed by atoms with Gasteiger partial charge in [-0.15, -0.1) is 0 Å². The predicted octanol–water partition coefficient (Wildman–Crippen LogP) is 3.39. The fourth-order valence-corrected chi connectivity index (χ4v) is 2.97. The summed E-state index contributed by atoms with van der Waals surface area (Å²) in [5.41, 5.74) is 2.09. The highest BCUT2D eigenvalue weighted by molar-refractivity contribution is 6.30. The Kier molecular flexibility index (Phi) is 4.64. The quantitative estimate of drug-likeness (QED) is 0.881. The Morgan fingerprint density at radius 3 is 2.87 bits per heavy atom. The smallest absolute Gasteiger partial charge is 0.224 e. The molecule has 1 aliphatic rings. The van der Waals surface area contributed by atoms with Gasteiger partial charge in [0, 0.05) is 23.0 Å². The van der Waals surface area contributed by atoms with Gasteiger partial charge in [0.15, 0.2) is 0 Å². The molecular formula is C18H17ClFNO2. The second-order valence-electron chi connectivity index (χ2n) is 5.81. The Hall–Kier alpha value is -1.91. The van der Waals surface area contributed by atoms with Gasteiger partial charge in [0.2, 0.25) is 5.91 Å². The highest BCUT2D eigenvalue weighted by Gasteiger charge is 2.43. The molecule has 2 N–H and O–H groups in total. The molecule has 2 atom stereocenters. The van der Waals surface area contributed by atoms with Crippen molar-refractivity contribution in [2.75, 3.05) is 0 Å². The average Bonchev–Trinajstić information content (AvgIpc) is 3.34. The molecule has 1 saturated carbocycles. The van der Waals surface area contributed by atoms with E-state index in [4.69, 9.17) is 16.7 Å². The van der Waals surface area contributed by atoms with Crippen LogP contribution in [0.15, 0.2) is 42.5 Å². The third kappa shape index (κ3) is 3.71.